The van der Waals surface area contributed by atoms with Gasteiger partial charge in [0, 0.05) is 19.8 Å². The highest BCUT2D eigenvalue weighted by atomic mass is 28.4. The highest BCUT2D eigenvalue weighted by molar-refractivity contribution is 6.63. The Bertz CT molecular complexity index is 110. The molecule has 0 spiro atoms. The van der Waals surface area contributed by atoms with Gasteiger partial charge in [0.25, 0.3) is 0 Å². The molecule has 0 heterocycles. The first-order valence-electron chi connectivity index (χ1n) is 4.20. The molecule has 0 bridgehead atoms. The summed E-state index contributed by atoms with van der Waals surface area (Å²) in [5.41, 5.74) is 2.74. The molecule has 0 aromatic heterocycles. The minimum Gasteiger partial charge on any atom is -0.329 e. The summed E-state index contributed by atoms with van der Waals surface area (Å²) >= 11 is 0. The van der Waals surface area contributed by atoms with Crippen molar-refractivity contribution >= 4 is 8.80 Å². The summed E-state index contributed by atoms with van der Waals surface area (Å²) in [7, 11) is -2.63. The van der Waals surface area contributed by atoms with Gasteiger partial charge in [0.05, 0.1) is 0 Å². The highest BCUT2D eigenvalue weighted by Gasteiger charge is 2.56. The second kappa shape index (κ2) is 6.28. The lowest BCUT2D eigenvalue weighted by molar-refractivity contribution is 0.0823. The van der Waals surface area contributed by atoms with Gasteiger partial charge in [-0.2, -0.15) is 0 Å². The number of hydrogen-bond acceptors (Lipinski definition) is 3. The molecule has 70 valence electrons. The van der Waals surface area contributed by atoms with E-state index in [0.29, 0.717) is 19.8 Å². The van der Waals surface area contributed by atoms with Crippen LogP contribution < -0.4 is 0 Å². The molecule has 0 unspecified atom stereocenters. The third kappa shape index (κ3) is 3.43. The minimum absolute atomic E-state index is 0.564. The number of rotatable bonds is 7. The van der Waals surface area contributed by atoms with Crippen molar-refractivity contribution in [2.45, 2.75) is 20.8 Å². The van der Waals surface area contributed by atoms with Crippen LogP contribution in [0.1, 0.15) is 20.8 Å². The zero-order chi connectivity index (χ0) is 9.45. The highest BCUT2D eigenvalue weighted by Crippen LogP contribution is 2.09. The molecule has 0 rings (SSSR count). The van der Waals surface area contributed by atoms with E-state index in [4.69, 9.17) is 13.3 Å². The van der Waals surface area contributed by atoms with E-state index in [1.165, 1.54) is 0 Å². The van der Waals surface area contributed by atoms with Crippen LogP contribution in [0.25, 0.3) is 0 Å². The van der Waals surface area contributed by atoms with E-state index in [1.807, 2.05) is 20.8 Å². The van der Waals surface area contributed by atoms with Gasteiger partial charge in [-0.3, -0.25) is 0 Å². The van der Waals surface area contributed by atoms with E-state index in [0.717, 1.165) is 0 Å². The summed E-state index contributed by atoms with van der Waals surface area (Å²) in [6.07, 6.45) is 0. The monoisotopic (exact) mass is 189 g/mol. The summed E-state index contributed by atoms with van der Waals surface area (Å²) in [6.45, 7) is 10.9. The van der Waals surface area contributed by atoms with Crippen LogP contribution in [0, 0.1) is 5.70 Å². The fraction of sp³-hybridized carbons (Fsp3) is 0.750. The quantitative estimate of drug-likeness (QED) is 0.449. The largest absolute Gasteiger partial charge is 0.840 e. The van der Waals surface area contributed by atoms with Gasteiger partial charge >= 0.3 is 8.80 Å². The van der Waals surface area contributed by atoms with E-state index in [-0.39, 0.29) is 0 Å². The summed E-state index contributed by atoms with van der Waals surface area (Å²) in [5.74, 6) is 0. The van der Waals surface area contributed by atoms with Gasteiger partial charge < -0.3 is 13.3 Å². The third-order valence-electron chi connectivity index (χ3n) is 1.22. The van der Waals surface area contributed by atoms with Crippen LogP contribution in [0.4, 0.5) is 0 Å². The molecular weight excluding hydrogens is 172 g/mol. The fourth-order valence-electron chi connectivity index (χ4n) is 0.848. The first kappa shape index (κ1) is 11.7. The first-order chi connectivity index (χ1) is 5.74. The van der Waals surface area contributed by atoms with Gasteiger partial charge in [0.2, 0.25) is 5.70 Å². The first-order valence-corrected chi connectivity index (χ1v) is 5.93. The Morgan fingerprint density at radius 3 is 1.50 bits per heavy atom. The molecule has 0 atom stereocenters. The summed E-state index contributed by atoms with van der Waals surface area (Å²) < 4.78 is 16.1. The lowest BCUT2D eigenvalue weighted by Crippen LogP contribution is -2.44. The van der Waals surface area contributed by atoms with Gasteiger partial charge in [0.1, 0.15) is 6.58 Å². The molecule has 3 nitrogen and oxygen atoms in total. The van der Waals surface area contributed by atoms with E-state index >= 15 is 0 Å². The van der Waals surface area contributed by atoms with Crippen molar-refractivity contribution in [1.82, 2.24) is 0 Å². The Balaban J connectivity index is 4.16. The SMILES string of the molecule is C=[C+][Si](OCC)(OCC)OCC. The molecule has 0 saturated carbocycles. The molecule has 0 aromatic carbocycles. The van der Waals surface area contributed by atoms with Crippen LogP contribution in [-0.2, 0) is 13.3 Å². The molecular formula is C8H17O3Si+. The van der Waals surface area contributed by atoms with E-state index in [1.54, 1.807) is 0 Å². The fourth-order valence-corrected chi connectivity index (χ4v) is 2.54. The molecule has 0 aliphatic heterocycles. The van der Waals surface area contributed by atoms with Crippen LogP contribution in [-0.4, -0.2) is 28.6 Å². The molecule has 12 heavy (non-hydrogen) atoms. The standard InChI is InChI=1S/C8H17O3Si/c1-5-9-12(8-4,10-6-2)11-7-3/h4-7H2,1-3H3/q+1. The maximum atomic E-state index is 5.38. The van der Waals surface area contributed by atoms with Crippen LogP contribution in [0.15, 0.2) is 6.58 Å². The van der Waals surface area contributed by atoms with Crippen LogP contribution in [0.3, 0.4) is 0 Å². The van der Waals surface area contributed by atoms with Gasteiger partial charge in [-0.05, 0) is 20.8 Å². The van der Waals surface area contributed by atoms with Crippen molar-refractivity contribution in [2.24, 2.45) is 0 Å². The van der Waals surface area contributed by atoms with E-state index in [2.05, 4.69) is 12.3 Å². The van der Waals surface area contributed by atoms with Gasteiger partial charge in [-0.1, -0.05) is 0 Å². The molecule has 0 fully saturated rings. The van der Waals surface area contributed by atoms with E-state index < -0.39 is 8.80 Å². The van der Waals surface area contributed by atoms with Crippen molar-refractivity contribution in [3.05, 3.63) is 12.3 Å². The molecule has 0 amide bonds. The Labute approximate surface area is 75.7 Å². The molecule has 0 aliphatic rings. The lowest BCUT2D eigenvalue weighted by Gasteiger charge is -2.12. The van der Waals surface area contributed by atoms with Gasteiger partial charge in [-0.25, -0.2) is 0 Å². The third-order valence-corrected chi connectivity index (χ3v) is 3.66. The molecule has 0 aromatic rings. The van der Waals surface area contributed by atoms with Crippen molar-refractivity contribution in [3.8, 4) is 0 Å². The second-order valence-electron chi connectivity index (χ2n) is 2.03. The minimum atomic E-state index is -2.63. The maximum absolute atomic E-state index is 5.38. The molecule has 0 N–H and O–H groups in total. The predicted octanol–water partition coefficient (Wildman–Crippen LogP) is 1.56. The van der Waals surface area contributed by atoms with Crippen molar-refractivity contribution in [3.63, 3.8) is 0 Å². The topological polar surface area (TPSA) is 27.7 Å². The predicted molar refractivity (Wildman–Crippen MR) is 49.5 cm³/mol. The average molecular weight is 189 g/mol. The zero-order valence-corrected chi connectivity index (χ0v) is 9.05. The smallest absolute Gasteiger partial charge is 0.329 e. The number of hydrogen-bond donors (Lipinski definition) is 0. The Hall–Kier alpha value is -0.253. The summed E-state index contributed by atoms with van der Waals surface area (Å²) in [6, 6.07) is 0. The zero-order valence-electron chi connectivity index (χ0n) is 8.05. The van der Waals surface area contributed by atoms with Crippen LogP contribution in [0.5, 0.6) is 0 Å². The van der Waals surface area contributed by atoms with Crippen molar-refractivity contribution < 1.29 is 13.3 Å². The van der Waals surface area contributed by atoms with Gasteiger partial charge in [-0.15, -0.1) is 0 Å². The van der Waals surface area contributed by atoms with Crippen molar-refractivity contribution in [2.75, 3.05) is 19.8 Å². The van der Waals surface area contributed by atoms with Gasteiger partial charge in [0.15, 0.2) is 0 Å². The average Bonchev–Trinajstić information content (AvgIpc) is 2.06. The molecule has 4 heteroatoms. The summed E-state index contributed by atoms with van der Waals surface area (Å²) in [5, 5.41) is 0. The van der Waals surface area contributed by atoms with Crippen LogP contribution >= 0.6 is 0 Å². The lowest BCUT2D eigenvalue weighted by atomic mass is 10.9. The molecule has 0 aliphatic carbocycles. The Kier molecular flexibility index (Phi) is 6.15. The Morgan fingerprint density at radius 1 is 1.00 bits per heavy atom. The molecule has 0 saturated heterocycles. The van der Waals surface area contributed by atoms with Crippen LogP contribution in [0.2, 0.25) is 0 Å². The second-order valence-corrected chi connectivity index (χ2v) is 4.36. The normalized spacial score (nSPS) is 11.2. The Morgan fingerprint density at radius 2 is 1.33 bits per heavy atom. The summed E-state index contributed by atoms with van der Waals surface area (Å²) in [4.78, 5) is 0. The van der Waals surface area contributed by atoms with Crippen molar-refractivity contribution in [1.29, 1.82) is 0 Å². The maximum Gasteiger partial charge on any atom is 0.840 e. The molecule has 0 radical (unpaired) electrons. The van der Waals surface area contributed by atoms with E-state index in [9.17, 15) is 0 Å².